The van der Waals surface area contributed by atoms with Gasteiger partial charge >= 0.3 is 0 Å². The van der Waals surface area contributed by atoms with Crippen molar-refractivity contribution in [1.82, 2.24) is 0 Å². The minimum atomic E-state index is -0.282. The third kappa shape index (κ3) is 4.63. The van der Waals surface area contributed by atoms with Gasteiger partial charge in [-0.05, 0) is 40.8 Å². The summed E-state index contributed by atoms with van der Waals surface area (Å²) < 4.78 is 11.2. The van der Waals surface area contributed by atoms with E-state index in [2.05, 4.69) is 0 Å². The summed E-state index contributed by atoms with van der Waals surface area (Å²) in [5.74, 6) is 0.859. The molecule has 0 aliphatic rings. The van der Waals surface area contributed by atoms with Crippen LogP contribution in [0.25, 0.3) is 6.08 Å². The summed E-state index contributed by atoms with van der Waals surface area (Å²) in [7, 11) is 1.56. The maximum atomic E-state index is 12.4. The van der Waals surface area contributed by atoms with E-state index >= 15 is 0 Å². The van der Waals surface area contributed by atoms with Gasteiger partial charge in [-0.2, -0.15) is 5.26 Å². The fraction of sp³-hybridized carbons (Fsp3) is 0.0909. The van der Waals surface area contributed by atoms with Gasteiger partial charge in [0.15, 0.2) is 11.5 Å². The summed E-state index contributed by atoms with van der Waals surface area (Å²) >= 11 is 1.31. The average molecular weight is 375 g/mol. The third-order valence-electron chi connectivity index (χ3n) is 3.85. The smallest absolute Gasteiger partial charge is 0.213 e. The number of Topliss-reactive ketones (excluding diaryl/α,β-unsaturated/α-hetero) is 1. The van der Waals surface area contributed by atoms with E-state index < -0.39 is 0 Å². The molecule has 0 bridgehead atoms. The minimum absolute atomic E-state index is 0.0810. The van der Waals surface area contributed by atoms with Crippen molar-refractivity contribution in [3.63, 3.8) is 0 Å². The van der Waals surface area contributed by atoms with Gasteiger partial charge in [0.25, 0.3) is 0 Å². The highest BCUT2D eigenvalue weighted by molar-refractivity contribution is 7.12. The van der Waals surface area contributed by atoms with Gasteiger partial charge in [-0.3, -0.25) is 4.79 Å². The lowest BCUT2D eigenvalue weighted by Crippen LogP contribution is -2.00. The minimum Gasteiger partial charge on any atom is -0.493 e. The molecule has 5 heteroatoms. The zero-order valence-electron chi connectivity index (χ0n) is 14.7. The number of rotatable bonds is 7. The number of allylic oxidation sites excluding steroid dienone is 1. The second-order valence-electron chi connectivity index (χ2n) is 5.66. The van der Waals surface area contributed by atoms with Gasteiger partial charge in [0.2, 0.25) is 5.78 Å². The Hall–Kier alpha value is -3.36. The molecule has 2 aromatic carbocycles. The van der Waals surface area contributed by atoms with Gasteiger partial charge in [0.05, 0.1) is 12.0 Å². The first-order valence-electron chi connectivity index (χ1n) is 8.26. The molecular weight excluding hydrogens is 358 g/mol. The Labute approximate surface area is 161 Å². The Kier molecular flexibility index (Phi) is 6.03. The lowest BCUT2D eigenvalue weighted by Gasteiger charge is -2.11. The van der Waals surface area contributed by atoms with Crippen LogP contribution < -0.4 is 9.47 Å². The SMILES string of the molecule is COc1cc(/C=C(\C#N)C(=O)c2cccs2)ccc1OCc1ccccc1. The summed E-state index contributed by atoms with van der Waals surface area (Å²) in [6.45, 7) is 0.423. The molecule has 27 heavy (non-hydrogen) atoms. The van der Waals surface area contributed by atoms with Crippen molar-refractivity contribution >= 4 is 23.2 Å². The zero-order chi connectivity index (χ0) is 19.1. The molecule has 0 fully saturated rings. The fourth-order valence-electron chi connectivity index (χ4n) is 2.48. The van der Waals surface area contributed by atoms with Crippen LogP contribution in [0.3, 0.4) is 0 Å². The maximum absolute atomic E-state index is 12.4. The number of hydrogen-bond donors (Lipinski definition) is 0. The molecule has 0 aliphatic heterocycles. The average Bonchev–Trinajstić information content (AvgIpc) is 3.26. The molecule has 1 heterocycles. The summed E-state index contributed by atoms with van der Waals surface area (Å²) in [4.78, 5) is 12.9. The second-order valence-corrected chi connectivity index (χ2v) is 6.61. The monoisotopic (exact) mass is 375 g/mol. The number of nitrogens with zero attached hydrogens (tertiary/aromatic N) is 1. The molecule has 0 aliphatic carbocycles. The van der Waals surface area contributed by atoms with E-state index in [9.17, 15) is 10.1 Å². The Balaban J connectivity index is 1.80. The van der Waals surface area contributed by atoms with Crippen LogP contribution in [0.2, 0.25) is 0 Å². The van der Waals surface area contributed by atoms with E-state index in [1.54, 1.807) is 43.5 Å². The van der Waals surface area contributed by atoms with Gasteiger partial charge in [0.1, 0.15) is 18.2 Å². The number of ketones is 1. The zero-order valence-corrected chi connectivity index (χ0v) is 15.5. The Morgan fingerprint density at radius 3 is 2.59 bits per heavy atom. The quantitative estimate of drug-likeness (QED) is 0.326. The van der Waals surface area contributed by atoms with Crippen molar-refractivity contribution in [3.05, 3.63) is 87.6 Å². The molecule has 0 radical (unpaired) electrons. The van der Waals surface area contributed by atoms with Crippen LogP contribution in [0, 0.1) is 11.3 Å². The molecule has 134 valence electrons. The van der Waals surface area contributed by atoms with Crippen LogP contribution >= 0.6 is 11.3 Å². The van der Waals surface area contributed by atoms with E-state index in [0.29, 0.717) is 28.5 Å². The standard InChI is InChI=1S/C22H17NO3S/c1-25-20-13-17(12-18(14-23)22(24)21-8-5-11-27-21)9-10-19(20)26-15-16-6-3-2-4-7-16/h2-13H,15H2,1H3/b18-12+. The topological polar surface area (TPSA) is 59.3 Å². The number of ether oxygens (including phenoxy) is 2. The first kappa shape index (κ1) is 18.4. The number of carbonyl (C=O) groups excluding carboxylic acids is 1. The van der Waals surface area contributed by atoms with E-state index in [0.717, 1.165) is 5.56 Å². The predicted molar refractivity (Wildman–Crippen MR) is 106 cm³/mol. The molecule has 0 amide bonds. The van der Waals surface area contributed by atoms with E-state index in [1.807, 2.05) is 41.8 Å². The number of hydrogen-bond acceptors (Lipinski definition) is 5. The van der Waals surface area contributed by atoms with Gasteiger partial charge < -0.3 is 9.47 Å². The molecule has 3 rings (SSSR count). The highest BCUT2D eigenvalue weighted by atomic mass is 32.1. The van der Waals surface area contributed by atoms with Crippen LogP contribution in [-0.4, -0.2) is 12.9 Å². The van der Waals surface area contributed by atoms with Crippen LogP contribution in [-0.2, 0) is 6.61 Å². The van der Waals surface area contributed by atoms with Gasteiger partial charge in [0, 0.05) is 0 Å². The molecular formula is C22H17NO3S. The molecule has 0 saturated heterocycles. The number of benzene rings is 2. The molecule has 0 N–H and O–H groups in total. The lowest BCUT2D eigenvalue weighted by atomic mass is 10.1. The van der Waals surface area contributed by atoms with Crippen LogP contribution in [0.1, 0.15) is 20.8 Å². The Morgan fingerprint density at radius 2 is 1.93 bits per heavy atom. The molecule has 4 nitrogen and oxygen atoms in total. The molecule has 1 aromatic heterocycles. The molecule has 0 spiro atoms. The summed E-state index contributed by atoms with van der Waals surface area (Å²) in [6.07, 6.45) is 1.56. The molecule has 0 atom stereocenters. The van der Waals surface area contributed by atoms with E-state index in [4.69, 9.17) is 9.47 Å². The molecule has 0 unspecified atom stereocenters. The van der Waals surface area contributed by atoms with E-state index in [-0.39, 0.29) is 11.4 Å². The van der Waals surface area contributed by atoms with E-state index in [1.165, 1.54) is 11.3 Å². The van der Waals surface area contributed by atoms with Crippen LogP contribution in [0.15, 0.2) is 71.6 Å². The normalized spacial score (nSPS) is 10.9. The molecule has 0 saturated carbocycles. The van der Waals surface area contributed by atoms with Crippen molar-refractivity contribution in [3.8, 4) is 17.6 Å². The fourth-order valence-corrected chi connectivity index (χ4v) is 3.16. The number of nitriles is 1. The van der Waals surface area contributed by atoms with Crippen molar-refractivity contribution in [2.75, 3.05) is 7.11 Å². The van der Waals surface area contributed by atoms with Gasteiger partial charge in [-0.15, -0.1) is 11.3 Å². The van der Waals surface area contributed by atoms with Crippen LogP contribution in [0.4, 0.5) is 0 Å². The Morgan fingerprint density at radius 1 is 1.11 bits per heavy atom. The highest BCUT2D eigenvalue weighted by Gasteiger charge is 2.14. The second kappa shape index (κ2) is 8.84. The summed E-state index contributed by atoms with van der Waals surface area (Å²) in [6, 6.07) is 20.6. The number of methoxy groups -OCH3 is 1. The predicted octanol–water partition coefficient (Wildman–Crippen LogP) is 5.13. The van der Waals surface area contributed by atoms with Crippen molar-refractivity contribution in [2.45, 2.75) is 6.61 Å². The number of thiophene rings is 1. The summed E-state index contributed by atoms with van der Waals surface area (Å²) in [5, 5.41) is 11.2. The largest absolute Gasteiger partial charge is 0.493 e. The van der Waals surface area contributed by atoms with Crippen LogP contribution in [0.5, 0.6) is 11.5 Å². The first-order chi connectivity index (χ1) is 13.2. The number of carbonyl (C=O) groups is 1. The van der Waals surface area contributed by atoms with Crippen molar-refractivity contribution < 1.29 is 14.3 Å². The summed E-state index contributed by atoms with van der Waals surface area (Å²) in [5.41, 5.74) is 1.83. The van der Waals surface area contributed by atoms with Gasteiger partial charge in [-0.25, -0.2) is 0 Å². The van der Waals surface area contributed by atoms with Crippen molar-refractivity contribution in [1.29, 1.82) is 5.26 Å². The van der Waals surface area contributed by atoms with Crippen molar-refractivity contribution in [2.24, 2.45) is 0 Å². The molecule has 3 aromatic rings. The highest BCUT2D eigenvalue weighted by Crippen LogP contribution is 2.30. The first-order valence-corrected chi connectivity index (χ1v) is 9.14. The van der Waals surface area contributed by atoms with Gasteiger partial charge in [-0.1, -0.05) is 42.5 Å². The maximum Gasteiger partial charge on any atom is 0.213 e. The third-order valence-corrected chi connectivity index (χ3v) is 4.71. The Bertz CT molecular complexity index is 986. The lowest BCUT2D eigenvalue weighted by molar-refractivity contribution is 0.104.